The Labute approximate surface area is 145 Å². The van der Waals surface area contributed by atoms with Crippen LogP contribution in [0.5, 0.6) is 0 Å². The summed E-state index contributed by atoms with van der Waals surface area (Å²) in [4.78, 5) is 21.0. The third-order valence-electron chi connectivity index (χ3n) is 4.63. The molecule has 4 rings (SSSR count). The van der Waals surface area contributed by atoms with Crippen LogP contribution in [0.2, 0.25) is 0 Å². The van der Waals surface area contributed by atoms with Crippen LogP contribution in [0, 0.1) is 0 Å². The van der Waals surface area contributed by atoms with E-state index in [0.717, 1.165) is 29.8 Å². The van der Waals surface area contributed by atoms with E-state index < -0.39 is 0 Å². The van der Waals surface area contributed by atoms with Crippen LogP contribution in [0.25, 0.3) is 11.4 Å². The number of H-pyrrole nitrogens is 1. The summed E-state index contributed by atoms with van der Waals surface area (Å²) in [6.07, 6.45) is 5.87. The van der Waals surface area contributed by atoms with Gasteiger partial charge in [-0.3, -0.25) is 14.9 Å². The molecule has 0 spiro atoms. The maximum absolute atomic E-state index is 12.6. The first-order valence-corrected chi connectivity index (χ1v) is 8.43. The van der Waals surface area contributed by atoms with Crippen molar-refractivity contribution in [3.63, 3.8) is 0 Å². The van der Waals surface area contributed by atoms with Crippen LogP contribution in [0.4, 0.5) is 0 Å². The molecule has 0 aliphatic heterocycles. The number of carbonyl (C=O) groups is 1. The number of hydrogen-bond donors (Lipinski definition) is 2. The summed E-state index contributed by atoms with van der Waals surface area (Å²) in [5.74, 6) is 1.51. The number of pyridine rings is 1. The van der Waals surface area contributed by atoms with E-state index in [1.165, 1.54) is 0 Å². The Kier molecular flexibility index (Phi) is 4.01. The smallest absolute Gasteiger partial charge is 0.230 e. The molecule has 1 aliphatic carbocycles. The zero-order valence-electron chi connectivity index (χ0n) is 13.8. The Morgan fingerprint density at radius 2 is 1.88 bits per heavy atom. The molecule has 0 bridgehead atoms. The van der Waals surface area contributed by atoms with E-state index >= 15 is 0 Å². The molecular weight excluding hydrogens is 314 g/mol. The average molecular weight is 333 g/mol. The van der Waals surface area contributed by atoms with Gasteiger partial charge in [-0.2, -0.15) is 5.10 Å². The van der Waals surface area contributed by atoms with Crippen LogP contribution in [0.15, 0.2) is 54.9 Å². The summed E-state index contributed by atoms with van der Waals surface area (Å²) >= 11 is 0. The van der Waals surface area contributed by atoms with Crippen LogP contribution in [-0.4, -0.2) is 32.6 Å². The SMILES string of the molecule is O=C(NCCc1nc(-c2ccncc2)n[nH]1)C1(c2ccccc2)CC1. The molecule has 2 aromatic heterocycles. The number of aromatic amines is 1. The fourth-order valence-electron chi connectivity index (χ4n) is 3.03. The van der Waals surface area contributed by atoms with Gasteiger partial charge in [0.1, 0.15) is 5.82 Å². The third-order valence-corrected chi connectivity index (χ3v) is 4.63. The fourth-order valence-corrected chi connectivity index (χ4v) is 3.03. The molecule has 2 heterocycles. The van der Waals surface area contributed by atoms with Crippen molar-refractivity contribution in [1.82, 2.24) is 25.5 Å². The monoisotopic (exact) mass is 333 g/mol. The van der Waals surface area contributed by atoms with Gasteiger partial charge in [0, 0.05) is 30.9 Å². The van der Waals surface area contributed by atoms with E-state index in [9.17, 15) is 4.79 Å². The van der Waals surface area contributed by atoms with Gasteiger partial charge in [0.2, 0.25) is 5.91 Å². The van der Waals surface area contributed by atoms with Crippen LogP contribution in [0.3, 0.4) is 0 Å². The van der Waals surface area contributed by atoms with Gasteiger partial charge in [0.25, 0.3) is 0 Å². The lowest BCUT2D eigenvalue weighted by Crippen LogP contribution is -2.36. The highest BCUT2D eigenvalue weighted by atomic mass is 16.2. The van der Waals surface area contributed by atoms with E-state index in [4.69, 9.17) is 0 Å². The van der Waals surface area contributed by atoms with Gasteiger partial charge >= 0.3 is 0 Å². The first-order valence-electron chi connectivity index (χ1n) is 8.43. The van der Waals surface area contributed by atoms with Crippen molar-refractivity contribution >= 4 is 5.91 Å². The summed E-state index contributed by atoms with van der Waals surface area (Å²) in [6.45, 7) is 0.540. The van der Waals surface area contributed by atoms with Gasteiger partial charge in [-0.1, -0.05) is 30.3 Å². The Hall–Kier alpha value is -3.02. The molecule has 25 heavy (non-hydrogen) atoms. The maximum Gasteiger partial charge on any atom is 0.230 e. The molecule has 2 N–H and O–H groups in total. The van der Waals surface area contributed by atoms with Crippen molar-refractivity contribution < 1.29 is 4.79 Å². The molecule has 0 radical (unpaired) electrons. The minimum absolute atomic E-state index is 0.104. The number of nitrogens with one attached hydrogen (secondary N) is 2. The highest BCUT2D eigenvalue weighted by Crippen LogP contribution is 2.48. The lowest BCUT2D eigenvalue weighted by atomic mass is 9.95. The minimum atomic E-state index is -0.328. The molecule has 1 aliphatic rings. The largest absolute Gasteiger partial charge is 0.355 e. The molecular formula is C19H19N5O. The van der Waals surface area contributed by atoms with Gasteiger partial charge in [0.05, 0.1) is 5.41 Å². The van der Waals surface area contributed by atoms with Crippen molar-refractivity contribution in [2.24, 2.45) is 0 Å². The molecule has 0 saturated heterocycles. The van der Waals surface area contributed by atoms with E-state index in [1.807, 2.05) is 42.5 Å². The molecule has 6 nitrogen and oxygen atoms in total. The number of carbonyl (C=O) groups excluding carboxylic acids is 1. The summed E-state index contributed by atoms with van der Waals surface area (Å²) in [5.41, 5.74) is 1.69. The standard InChI is InChI=1S/C19H19N5O/c25-18(19(9-10-19)15-4-2-1-3-5-15)21-13-8-16-22-17(24-23-16)14-6-11-20-12-7-14/h1-7,11-12H,8-10,13H2,(H,21,25)(H,22,23,24). The number of nitrogens with zero attached hydrogens (tertiary/aromatic N) is 3. The fraction of sp³-hybridized carbons (Fsp3) is 0.263. The summed E-state index contributed by atoms with van der Waals surface area (Å²) in [6, 6.07) is 13.7. The van der Waals surface area contributed by atoms with E-state index in [2.05, 4.69) is 25.5 Å². The number of hydrogen-bond acceptors (Lipinski definition) is 4. The zero-order valence-corrected chi connectivity index (χ0v) is 13.8. The van der Waals surface area contributed by atoms with Crippen LogP contribution < -0.4 is 5.32 Å². The molecule has 1 aromatic carbocycles. The lowest BCUT2D eigenvalue weighted by molar-refractivity contribution is -0.123. The molecule has 1 fully saturated rings. The number of rotatable bonds is 6. The minimum Gasteiger partial charge on any atom is -0.355 e. The summed E-state index contributed by atoms with van der Waals surface area (Å²) < 4.78 is 0. The lowest BCUT2D eigenvalue weighted by Gasteiger charge is -2.15. The summed E-state index contributed by atoms with van der Waals surface area (Å²) in [5, 5.41) is 10.2. The topological polar surface area (TPSA) is 83.6 Å². The zero-order chi connectivity index (χ0) is 17.1. The molecule has 126 valence electrons. The number of benzene rings is 1. The second kappa shape index (κ2) is 6.47. The normalized spacial score (nSPS) is 14.9. The van der Waals surface area contributed by atoms with Crippen molar-refractivity contribution in [3.05, 3.63) is 66.2 Å². The second-order valence-electron chi connectivity index (χ2n) is 6.30. The highest BCUT2D eigenvalue weighted by molar-refractivity contribution is 5.91. The predicted molar refractivity (Wildman–Crippen MR) is 93.7 cm³/mol. The maximum atomic E-state index is 12.6. The second-order valence-corrected chi connectivity index (χ2v) is 6.30. The number of amides is 1. The first kappa shape index (κ1) is 15.5. The van der Waals surface area contributed by atoms with Gasteiger partial charge < -0.3 is 5.32 Å². The Bertz CT molecular complexity index is 856. The Morgan fingerprint density at radius 1 is 1.12 bits per heavy atom. The predicted octanol–water partition coefficient (Wildman–Crippen LogP) is 2.26. The van der Waals surface area contributed by atoms with Crippen LogP contribution in [-0.2, 0) is 16.6 Å². The molecule has 3 aromatic rings. The average Bonchev–Trinajstić information content (AvgIpc) is 3.36. The van der Waals surface area contributed by atoms with Crippen molar-refractivity contribution in [1.29, 1.82) is 0 Å². The van der Waals surface area contributed by atoms with Gasteiger partial charge in [-0.05, 0) is 30.5 Å². The van der Waals surface area contributed by atoms with Crippen molar-refractivity contribution in [2.75, 3.05) is 6.54 Å². The Balaban J connectivity index is 1.34. The third kappa shape index (κ3) is 3.15. The van der Waals surface area contributed by atoms with Crippen molar-refractivity contribution in [3.8, 4) is 11.4 Å². The van der Waals surface area contributed by atoms with E-state index in [0.29, 0.717) is 18.8 Å². The van der Waals surface area contributed by atoms with Crippen LogP contribution in [0.1, 0.15) is 24.2 Å². The van der Waals surface area contributed by atoms with Crippen molar-refractivity contribution in [2.45, 2.75) is 24.7 Å². The van der Waals surface area contributed by atoms with Gasteiger partial charge in [-0.15, -0.1) is 0 Å². The van der Waals surface area contributed by atoms with Gasteiger partial charge in [0.15, 0.2) is 5.82 Å². The highest BCUT2D eigenvalue weighted by Gasteiger charge is 2.50. The van der Waals surface area contributed by atoms with E-state index in [1.54, 1.807) is 12.4 Å². The quantitative estimate of drug-likeness (QED) is 0.725. The molecule has 0 atom stereocenters. The number of aromatic nitrogens is 4. The summed E-state index contributed by atoms with van der Waals surface area (Å²) in [7, 11) is 0. The molecule has 6 heteroatoms. The molecule has 1 saturated carbocycles. The van der Waals surface area contributed by atoms with E-state index in [-0.39, 0.29) is 11.3 Å². The molecule has 0 unspecified atom stereocenters. The Morgan fingerprint density at radius 3 is 2.60 bits per heavy atom. The molecule has 1 amide bonds. The van der Waals surface area contributed by atoms with Gasteiger partial charge in [-0.25, -0.2) is 4.98 Å². The van der Waals surface area contributed by atoms with Crippen LogP contribution >= 0.6 is 0 Å². The first-order chi connectivity index (χ1) is 12.3.